The second-order valence-corrected chi connectivity index (χ2v) is 8.69. The lowest BCUT2D eigenvalue weighted by Gasteiger charge is -2.17. The number of amides is 4. The number of thioether (sulfide) groups is 1. The maximum absolute atomic E-state index is 13.4. The predicted octanol–water partition coefficient (Wildman–Crippen LogP) is 4.07. The third-order valence-electron chi connectivity index (χ3n) is 5.29. The Morgan fingerprint density at radius 3 is 2.48 bits per heavy atom. The summed E-state index contributed by atoms with van der Waals surface area (Å²) in [5.41, 5.74) is 1.44. The summed E-state index contributed by atoms with van der Waals surface area (Å²) in [6, 6.07) is 14.3. The Morgan fingerprint density at radius 1 is 1.09 bits per heavy atom. The number of aliphatic imine (C=N–C) groups is 1. The number of carbonyl (C=O) groups excluding carboxylic acids is 3. The molecule has 2 aromatic rings. The zero-order valence-electron chi connectivity index (χ0n) is 17.8. The number of urea groups is 1. The van der Waals surface area contributed by atoms with Gasteiger partial charge in [0.2, 0.25) is 5.91 Å². The highest BCUT2D eigenvalue weighted by atomic mass is 32.2. The monoisotopic (exact) mass is 466 g/mol. The van der Waals surface area contributed by atoms with Crippen molar-refractivity contribution >= 4 is 46.5 Å². The molecule has 0 radical (unpaired) electrons. The Morgan fingerprint density at radius 2 is 1.79 bits per heavy atom. The summed E-state index contributed by atoms with van der Waals surface area (Å²) in [7, 11) is 0. The number of nitrogens with zero attached hydrogens (tertiary/aromatic N) is 2. The normalized spacial score (nSPS) is 17.4. The Kier molecular flexibility index (Phi) is 7.19. The lowest BCUT2D eigenvalue weighted by molar-refractivity contribution is -0.117. The van der Waals surface area contributed by atoms with Crippen LogP contribution in [0.2, 0.25) is 0 Å². The number of carbonyl (C=O) groups is 3. The van der Waals surface area contributed by atoms with Crippen LogP contribution in [-0.2, 0) is 9.59 Å². The summed E-state index contributed by atoms with van der Waals surface area (Å²) >= 11 is 1.03. The summed E-state index contributed by atoms with van der Waals surface area (Å²) in [4.78, 5) is 43.2. The first-order valence-corrected chi connectivity index (χ1v) is 11.7. The topological polar surface area (TPSA) is 90.9 Å². The molecule has 170 valence electrons. The Hall–Kier alpha value is -3.46. The van der Waals surface area contributed by atoms with E-state index in [1.807, 2.05) is 30.3 Å². The van der Waals surface area contributed by atoms with Gasteiger partial charge in [-0.3, -0.25) is 19.8 Å². The Bertz CT molecular complexity index is 1100. The summed E-state index contributed by atoms with van der Waals surface area (Å²) in [6.45, 7) is 0. The molecule has 1 saturated carbocycles. The van der Waals surface area contributed by atoms with Gasteiger partial charge in [0.05, 0.1) is 11.4 Å². The van der Waals surface area contributed by atoms with Crippen LogP contribution >= 0.6 is 11.8 Å². The average molecular weight is 467 g/mol. The van der Waals surface area contributed by atoms with Crippen LogP contribution in [0.1, 0.15) is 31.2 Å². The molecule has 1 heterocycles. The van der Waals surface area contributed by atoms with Crippen molar-refractivity contribution in [2.75, 3.05) is 10.7 Å². The maximum Gasteiger partial charge on any atom is 0.321 e. The molecule has 33 heavy (non-hydrogen) atoms. The van der Waals surface area contributed by atoms with Crippen LogP contribution in [0.3, 0.4) is 0 Å². The number of hydrogen-bond donors (Lipinski definition) is 2. The van der Waals surface area contributed by atoms with Gasteiger partial charge in [-0.15, -0.1) is 0 Å². The van der Waals surface area contributed by atoms with Crippen molar-refractivity contribution in [3.63, 3.8) is 0 Å². The fourth-order valence-corrected chi connectivity index (χ4v) is 4.52. The van der Waals surface area contributed by atoms with Crippen LogP contribution in [0, 0.1) is 5.82 Å². The molecule has 4 amide bonds. The summed E-state index contributed by atoms with van der Waals surface area (Å²) in [5.74, 6) is -1.41. The highest BCUT2D eigenvalue weighted by Crippen LogP contribution is 2.29. The maximum atomic E-state index is 13.4. The molecule has 1 fully saturated rings. The van der Waals surface area contributed by atoms with Crippen molar-refractivity contribution in [2.45, 2.75) is 31.7 Å². The van der Waals surface area contributed by atoms with Gasteiger partial charge in [-0.25, -0.2) is 14.2 Å². The molecule has 9 heteroatoms. The second-order valence-electron chi connectivity index (χ2n) is 7.74. The highest BCUT2D eigenvalue weighted by molar-refractivity contribution is 8.14. The number of rotatable bonds is 5. The molecule has 0 saturated heterocycles. The molecular weight excluding hydrogens is 443 g/mol. The van der Waals surface area contributed by atoms with E-state index >= 15 is 0 Å². The van der Waals surface area contributed by atoms with Crippen molar-refractivity contribution in [3.8, 4) is 0 Å². The number of amidine groups is 1. The molecule has 2 aliphatic rings. The van der Waals surface area contributed by atoms with E-state index in [1.165, 1.54) is 29.2 Å². The van der Waals surface area contributed by atoms with Gasteiger partial charge in [-0.05, 0) is 48.7 Å². The zero-order valence-corrected chi connectivity index (χ0v) is 18.6. The van der Waals surface area contributed by atoms with Crippen molar-refractivity contribution in [1.82, 2.24) is 10.6 Å². The van der Waals surface area contributed by atoms with Gasteiger partial charge in [0, 0.05) is 6.04 Å². The van der Waals surface area contributed by atoms with Crippen molar-refractivity contribution in [2.24, 2.45) is 4.99 Å². The number of halogens is 1. The van der Waals surface area contributed by atoms with E-state index in [4.69, 9.17) is 0 Å². The van der Waals surface area contributed by atoms with Crippen molar-refractivity contribution in [1.29, 1.82) is 0 Å². The van der Waals surface area contributed by atoms with E-state index in [-0.39, 0.29) is 28.6 Å². The van der Waals surface area contributed by atoms with Gasteiger partial charge >= 0.3 is 6.03 Å². The first-order valence-electron chi connectivity index (χ1n) is 10.7. The van der Waals surface area contributed by atoms with Crippen LogP contribution in [0.15, 0.2) is 65.3 Å². The summed E-state index contributed by atoms with van der Waals surface area (Å²) in [6.07, 6.45) is 5.62. The number of anilines is 1. The average Bonchev–Trinajstić information content (AvgIpc) is 3.41. The van der Waals surface area contributed by atoms with Crippen LogP contribution in [0.5, 0.6) is 0 Å². The molecule has 2 aromatic carbocycles. The molecule has 1 aliphatic heterocycles. The smallest absolute Gasteiger partial charge is 0.321 e. The van der Waals surface area contributed by atoms with Gasteiger partial charge in [0.15, 0.2) is 5.17 Å². The molecular formula is C24H23FN4O3S. The van der Waals surface area contributed by atoms with Crippen LogP contribution in [0.4, 0.5) is 14.9 Å². The highest BCUT2D eigenvalue weighted by Gasteiger charge is 2.32. The second kappa shape index (κ2) is 10.4. The quantitative estimate of drug-likeness (QED) is 0.650. The fraction of sp³-hybridized carbons (Fsp3) is 0.250. The van der Waals surface area contributed by atoms with Gasteiger partial charge < -0.3 is 5.32 Å². The predicted molar refractivity (Wildman–Crippen MR) is 127 cm³/mol. The molecule has 7 nitrogen and oxygen atoms in total. The van der Waals surface area contributed by atoms with Gasteiger partial charge in [-0.1, -0.05) is 54.9 Å². The third kappa shape index (κ3) is 5.87. The molecule has 2 N–H and O–H groups in total. The first kappa shape index (κ1) is 22.7. The van der Waals surface area contributed by atoms with E-state index in [0.717, 1.165) is 43.0 Å². The van der Waals surface area contributed by atoms with Gasteiger partial charge in [0.25, 0.3) is 5.91 Å². The third-order valence-corrected chi connectivity index (χ3v) is 6.23. The largest absolute Gasteiger partial charge is 0.335 e. The standard InChI is InChI=1S/C24H23FN4O3S/c25-17-10-12-19(13-11-17)29-22(31)20(14-16-6-2-1-3-7-16)27-24(29)33-15-21(30)28-23(32)26-18-8-4-5-9-18/h1-3,6-7,10-14,18H,4-5,8-9,15H2,(H2,26,28,30,32). The zero-order chi connectivity index (χ0) is 23.2. The molecule has 0 unspecified atom stereocenters. The number of hydrogen-bond acceptors (Lipinski definition) is 5. The van der Waals surface area contributed by atoms with E-state index in [1.54, 1.807) is 6.08 Å². The Balaban J connectivity index is 1.47. The van der Waals surface area contributed by atoms with Gasteiger partial charge in [-0.2, -0.15) is 0 Å². The lowest BCUT2D eigenvalue weighted by atomic mass is 10.2. The minimum atomic E-state index is -0.517. The van der Waals surface area contributed by atoms with E-state index in [0.29, 0.717) is 5.69 Å². The van der Waals surface area contributed by atoms with Crippen LogP contribution < -0.4 is 15.5 Å². The van der Waals surface area contributed by atoms with Crippen LogP contribution in [-0.4, -0.2) is 34.8 Å². The molecule has 0 atom stereocenters. The minimum absolute atomic E-state index is 0.0990. The first-order chi connectivity index (χ1) is 16.0. The van der Waals surface area contributed by atoms with E-state index < -0.39 is 17.8 Å². The summed E-state index contributed by atoms with van der Waals surface area (Å²) in [5, 5.41) is 5.40. The molecule has 0 bridgehead atoms. The minimum Gasteiger partial charge on any atom is -0.335 e. The van der Waals surface area contributed by atoms with E-state index in [2.05, 4.69) is 15.6 Å². The van der Waals surface area contributed by atoms with E-state index in [9.17, 15) is 18.8 Å². The van der Waals surface area contributed by atoms with Crippen molar-refractivity contribution in [3.05, 3.63) is 71.7 Å². The fourth-order valence-electron chi connectivity index (χ4n) is 3.70. The molecule has 4 rings (SSSR count). The number of benzene rings is 2. The molecule has 0 spiro atoms. The Labute approximate surface area is 195 Å². The lowest BCUT2D eigenvalue weighted by Crippen LogP contribution is -2.44. The molecule has 1 aliphatic carbocycles. The van der Waals surface area contributed by atoms with Crippen molar-refractivity contribution < 1.29 is 18.8 Å². The SMILES string of the molecule is O=C(CSC1=NC(=Cc2ccccc2)C(=O)N1c1ccc(F)cc1)NC(=O)NC1CCCC1. The van der Waals surface area contributed by atoms with Gasteiger partial charge in [0.1, 0.15) is 11.5 Å². The summed E-state index contributed by atoms with van der Waals surface area (Å²) < 4.78 is 13.4. The number of nitrogens with one attached hydrogen (secondary N) is 2. The number of imide groups is 1. The van der Waals surface area contributed by atoms with Crippen LogP contribution in [0.25, 0.3) is 6.08 Å². The molecule has 0 aromatic heterocycles.